The van der Waals surface area contributed by atoms with Crippen LogP contribution in [0.4, 0.5) is 11.5 Å². The largest absolute Gasteiger partial charge is 0.440 e. The zero-order valence-corrected chi connectivity index (χ0v) is 9.22. The summed E-state index contributed by atoms with van der Waals surface area (Å²) in [5, 5.41) is 0. The Morgan fingerprint density at radius 2 is 1.88 bits per heavy atom. The SMILES string of the molecule is Nc1ccc(N=[S-](=O)c2ccccc2)nc1. The average molecular weight is 232 g/mol. The van der Waals surface area contributed by atoms with Gasteiger partial charge in [0.05, 0.1) is 11.9 Å². The Morgan fingerprint density at radius 1 is 1.12 bits per heavy atom. The van der Waals surface area contributed by atoms with E-state index < -0.39 is 10.6 Å². The van der Waals surface area contributed by atoms with Crippen LogP contribution in [-0.2, 0) is 14.8 Å². The number of nitrogens with zero attached hydrogens (tertiary/aromatic N) is 2. The molecule has 82 valence electrons. The number of benzene rings is 1. The third-order valence-electron chi connectivity index (χ3n) is 1.89. The highest BCUT2D eigenvalue weighted by atomic mass is 32.2. The third-order valence-corrected chi connectivity index (χ3v) is 2.92. The minimum absolute atomic E-state index is 0.413. The first-order valence-corrected chi connectivity index (χ1v) is 5.76. The van der Waals surface area contributed by atoms with Gasteiger partial charge in [0.1, 0.15) is 5.82 Å². The Balaban J connectivity index is 2.32. The van der Waals surface area contributed by atoms with Crippen molar-refractivity contribution in [2.24, 2.45) is 4.36 Å². The Kier molecular flexibility index (Phi) is 3.16. The summed E-state index contributed by atoms with van der Waals surface area (Å²) in [4.78, 5) is 4.61. The molecular formula is C11H10N3OS-. The van der Waals surface area contributed by atoms with E-state index in [1.54, 1.807) is 24.3 Å². The Bertz CT molecular complexity index is 545. The number of hydrogen-bond acceptors (Lipinski definition) is 5. The van der Waals surface area contributed by atoms with Crippen molar-refractivity contribution in [3.63, 3.8) is 0 Å². The van der Waals surface area contributed by atoms with Crippen LogP contribution in [0, 0.1) is 0 Å². The fourth-order valence-corrected chi connectivity index (χ4v) is 1.90. The number of nitrogen functional groups attached to an aromatic ring is 1. The van der Waals surface area contributed by atoms with E-state index in [2.05, 4.69) is 9.35 Å². The van der Waals surface area contributed by atoms with Crippen molar-refractivity contribution in [3.05, 3.63) is 48.7 Å². The second-order valence-corrected chi connectivity index (χ2v) is 4.26. The first kappa shape index (κ1) is 10.6. The maximum atomic E-state index is 11.8. The van der Waals surface area contributed by atoms with Gasteiger partial charge in [-0.1, -0.05) is 35.2 Å². The van der Waals surface area contributed by atoms with Crippen LogP contribution < -0.4 is 5.73 Å². The van der Waals surface area contributed by atoms with E-state index in [-0.39, 0.29) is 0 Å². The second-order valence-electron chi connectivity index (χ2n) is 3.10. The van der Waals surface area contributed by atoms with Crippen LogP contribution in [0.3, 0.4) is 0 Å². The fourth-order valence-electron chi connectivity index (χ4n) is 1.13. The van der Waals surface area contributed by atoms with Crippen molar-refractivity contribution in [2.45, 2.75) is 4.90 Å². The molecule has 0 aliphatic carbocycles. The van der Waals surface area contributed by atoms with E-state index in [1.807, 2.05) is 18.2 Å². The zero-order chi connectivity index (χ0) is 11.4. The molecule has 0 aliphatic heterocycles. The predicted octanol–water partition coefficient (Wildman–Crippen LogP) is 2.50. The molecule has 2 aromatic rings. The van der Waals surface area contributed by atoms with E-state index in [1.165, 1.54) is 6.20 Å². The molecule has 0 atom stereocenters. The van der Waals surface area contributed by atoms with Gasteiger partial charge in [0.2, 0.25) is 0 Å². The first-order chi connectivity index (χ1) is 7.75. The second kappa shape index (κ2) is 4.76. The molecule has 0 bridgehead atoms. The van der Waals surface area contributed by atoms with Crippen molar-refractivity contribution in [1.29, 1.82) is 0 Å². The van der Waals surface area contributed by atoms with E-state index in [0.29, 0.717) is 16.4 Å². The van der Waals surface area contributed by atoms with Crippen molar-refractivity contribution in [1.82, 2.24) is 4.98 Å². The number of rotatable bonds is 2. The molecule has 0 saturated heterocycles. The minimum Gasteiger partial charge on any atom is -0.440 e. The molecule has 0 spiro atoms. The molecule has 0 radical (unpaired) electrons. The van der Waals surface area contributed by atoms with Crippen LogP contribution in [-0.4, -0.2) is 4.98 Å². The van der Waals surface area contributed by atoms with Crippen molar-refractivity contribution in [3.8, 4) is 0 Å². The highest BCUT2D eigenvalue weighted by molar-refractivity contribution is 7.75. The van der Waals surface area contributed by atoms with Crippen LogP contribution in [0.2, 0.25) is 0 Å². The fraction of sp³-hybridized carbons (Fsp3) is 0. The van der Waals surface area contributed by atoms with E-state index in [9.17, 15) is 4.21 Å². The van der Waals surface area contributed by atoms with Gasteiger partial charge in [-0.3, -0.25) is 0 Å². The molecule has 4 nitrogen and oxygen atoms in total. The van der Waals surface area contributed by atoms with Crippen LogP contribution in [0.25, 0.3) is 0 Å². The monoisotopic (exact) mass is 232 g/mol. The zero-order valence-electron chi connectivity index (χ0n) is 8.41. The molecule has 2 N–H and O–H groups in total. The molecular weight excluding hydrogens is 222 g/mol. The summed E-state index contributed by atoms with van der Waals surface area (Å²) in [6.07, 6.45) is 1.49. The van der Waals surface area contributed by atoms with Gasteiger partial charge in [0.15, 0.2) is 0 Å². The molecule has 1 aromatic carbocycles. The lowest BCUT2D eigenvalue weighted by Crippen LogP contribution is -1.85. The Labute approximate surface area is 95.4 Å². The summed E-state index contributed by atoms with van der Waals surface area (Å²) in [5.41, 5.74) is 6.05. The molecule has 0 fully saturated rings. The van der Waals surface area contributed by atoms with Gasteiger partial charge in [-0.15, -0.1) is 0 Å². The molecule has 2 rings (SSSR count). The molecule has 5 heteroatoms. The summed E-state index contributed by atoms with van der Waals surface area (Å²) in [6.45, 7) is 0. The summed E-state index contributed by atoms with van der Waals surface area (Å²) < 4.78 is 15.7. The van der Waals surface area contributed by atoms with Gasteiger partial charge in [-0.25, -0.2) is 4.98 Å². The topological polar surface area (TPSA) is 68.3 Å². The predicted molar refractivity (Wildman–Crippen MR) is 63.5 cm³/mol. The van der Waals surface area contributed by atoms with Gasteiger partial charge < -0.3 is 14.3 Å². The number of nitrogens with two attached hydrogens (primary N) is 1. The highest BCUT2D eigenvalue weighted by Gasteiger charge is 1.87. The number of hydrogen-bond donors (Lipinski definition) is 1. The van der Waals surface area contributed by atoms with Gasteiger partial charge in [-0.2, -0.15) is 10.6 Å². The highest BCUT2D eigenvalue weighted by Crippen LogP contribution is 2.12. The van der Waals surface area contributed by atoms with E-state index in [4.69, 9.17) is 5.73 Å². The summed E-state index contributed by atoms with van der Waals surface area (Å²) in [5.74, 6) is 0.413. The van der Waals surface area contributed by atoms with Crippen molar-refractivity contribution < 1.29 is 4.21 Å². The summed E-state index contributed by atoms with van der Waals surface area (Å²) in [7, 11) is -1.42. The maximum absolute atomic E-state index is 11.8. The Morgan fingerprint density at radius 3 is 2.50 bits per heavy atom. The van der Waals surface area contributed by atoms with Gasteiger partial charge >= 0.3 is 0 Å². The average Bonchev–Trinajstić information content (AvgIpc) is 2.33. The van der Waals surface area contributed by atoms with E-state index in [0.717, 1.165) is 0 Å². The van der Waals surface area contributed by atoms with Crippen molar-refractivity contribution >= 4 is 22.1 Å². The molecule has 0 saturated carbocycles. The van der Waals surface area contributed by atoms with Crippen LogP contribution >= 0.6 is 0 Å². The van der Waals surface area contributed by atoms with Crippen LogP contribution in [0.15, 0.2) is 57.9 Å². The molecule has 0 unspecified atom stereocenters. The minimum atomic E-state index is -1.42. The lowest BCUT2D eigenvalue weighted by Gasteiger charge is -2.04. The molecule has 1 aromatic heterocycles. The standard InChI is InChI=1S/C11H10N3OS/c12-9-6-7-11(13-8-9)14-16(15)10-4-2-1-3-5-10/h1-8H,12H2/q-1. The Hall–Kier alpha value is -1.88. The molecule has 0 amide bonds. The van der Waals surface area contributed by atoms with Crippen molar-refractivity contribution in [2.75, 3.05) is 5.73 Å². The third kappa shape index (κ3) is 2.58. The number of pyridine rings is 1. The lowest BCUT2D eigenvalue weighted by atomic mass is 10.4. The lowest BCUT2D eigenvalue weighted by molar-refractivity contribution is 0.600. The van der Waals surface area contributed by atoms with Crippen LogP contribution in [0.1, 0.15) is 0 Å². The van der Waals surface area contributed by atoms with E-state index >= 15 is 0 Å². The summed E-state index contributed by atoms with van der Waals surface area (Å²) in [6, 6.07) is 12.3. The molecule has 1 heterocycles. The molecule has 16 heavy (non-hydrogen) atoms. The molecule has 0 aliphatic rings. The normalized spacial score (nSPS) is 12.5. The smallest absolute Gasteiger partial charge is 0.128 e. The van der Waals surface area contributed by atoms with Gasteiger partial charge in [0.25, 0.3) is 0 Å². The number of aromatic nitrogens is 1. The summed E-state index contributed by atoms with van der Waals surface area (Å²) >= 11 is 0. The van der Waals surface area contributed by atoms with Gasteiger partial charge in [0, 0.05) is 0 Å². The van der Waals surface area contributed by atoms with Gasteiger partial charge in [-0.05, 0) is 12.1 Å². The van der Waals surface area contributed by atoms with Crippen LogP contribution in [0.5, 0.6) is 0 Å². The maximum Gasteiger partial charge on any atom is 0.128 e. The quantitative estimate of drug-likeness (QED) is 0.809. The first-order valence-electron chi connectivity index (χ1n) is 4.66. The number of anilines is 1.